The Labute approximate surface area is 198 Å². The molecule has 1 aromatic heterocycles. The lowest BCUT2D eigenvalue weighted by atomic mass is 10.0. The van der Waals surface area contributed by atoms with Crippen LogP contribution in [0.3, 0.4) is 0 Å². The highest BCUT2D eigenvalue weighted by molar-refractivity contribution is 7.80. The van der Waals surface area contributed by atoms with Crippen LogP contribution in [0.2, 0.25) is 5.15 Å². The second-order valence-corrected chi connectivity index (χ2v) is 9.50. The first-order valence-corrected chi connectivity index (χ1v) is 11.9. The number of rotatable bonds is 4. The number of nitrogens with one attached hydrogen (secondary N) is 1. The van der Waals surface area contributed by atoms with Crippen LogP contribution in [0.4, 0.5) is 5.82 Å². The molecular formula is C23H26ClN5O2S. The predicted octanol–water partition coefficient (Wildman–Crippen LogP) is 2.61. The molecule has 4 heterocycles. The van der Waals surface area contributed by atoms with Crippen molar-refractivity contribution in [3.63, 3.8) is 0 Å². The number of hydrogen-bond acceptors (Lipinski definition) is 7. The number of piperazine rings is 1. The topological polar surface area (TPSA) is 68.8 Å². The van der Waals surface area contributed by atoms with Gasteiger partial charge in [-0.3, -0.25) is 24.7 Å². The van der Waals surface area contributed by atoms with Crippen molar-refractivity contribution in [2.24, 2.45) is 0 Å². The molecule has 1 aromatic carbocycles. The van der Waals surface area contributed by atoms with Crippen LogP contribution >= 0.6 is 24.2 Å². The number of imide groups is 1. The molecule has 2 amide bonds. The molecule has 9 heteroatoms. The van der Waals surface area contributed by atoms with Crippen LogP contribution < -0.4 is 10.2 Å². The Bertz CT molecular complexity index is 1040. The van der Waals surface area contributed by atoms with Crippen molar-refractivity contribution in [3.8, 4) is 0 Å². The largest absolute Gasteiger partial charge is 0.354 e. The van der Waals surface area contributed by atoms with Gasteiger partial charge in [0.1, 0.15) is 11.0 Å². The fraction of sp³-hybridized carbons (Fsp3) is 0.435. The van der Waals surface area contributed by atoms with Gasteiger partial charge in [-0.25, -0.2) is 4.98 Å². The summed E-state index contributed by atoms with van der Waals surface area (Å²) in [6.45, 7) is 5.30. The number of piperidine rings is 1. The van der Waals surface area contributed by atoms with E-state index < -0.39 is 0 Å². The molecule has 2 unspecified atom stereocenters. The smallest absolute Gasteiger partial charge is 0.243 e. The van der Waals surface area contributed by atoms with Gasteiger partial charge >= 0.3 is 0 Å². The van der Waals surface area contributed by atoms with E-state index in [0.717, 1.165) is 44.1 Å². The maximum Gasteiger partial charge on any atom is 0.243 e. The zero-order valence-electron chi connectivity index (χ0n) is 17.7. The average molecular weight is 472 g/mol. The zero-order valence-corrected chi connectivity index (χ0v) is 19.4. The number of fused-ring (bicyclic) bond motifs is 1. The van der Waals surface area contributed by atoms with E-state index in [0.29, 0.717) is 24.5 Å². The van der Waals surface area contributed by atoms with E-state index in [1.54, 1.807) is 6.07 Å². The minimum atomic E-state index is -0.306. The summed E-state index contributed by atoms with van der Waals surface area (Å²) < 4.78 is 0. The van der Waals surface area contributed by atoms with Crippen molar-refractivity contribution in [1.82, 2.24) is 20.1 Å². The molecule has 168 valence electrons. The minimum absolute atomic E-state index is 0.139. The highest BCUT2D eigenvalue weighted by Gasteiger charge is 2.39. The Morgan fingerprint density at radius 1 is 1.12 bits per heavy atom. The minimum Gasteiger partial charge on any atom is -0.354 e. The fourth-order valence-corrected chi connectivity index (χ4v) is 5.48. The second kappa shape index (κ2) is 9.02. The quantitative estimate of drug-likeness (QED) is 0.406. The number of amides is 2. The monoisotopic (exact) mass is 471 g/mol. The van der Waals surface area contributed by atoms with Crippen molar-refractivity contribution in [2.75, 3.05) is 31.1 Å². The van der Waals surface area contributed by atoms with Gasteiger partial charge in [-0.05, 0) is 35.2 Å². The molecule has 3 aliphatic heterocycles. The third kappa shape index (κ3) is 4.37. The van der Waals surface area contributed by atoms with E-state index in [2.05, 4.69) is 43.2 Å². The first-order valence-electron chi connectivity index (χ1n) is 11.0. The van der Waals surface area contributed by atoms with Gasteiger partial charge in [0, 0.05) is 45.7 Å². The number of aromatic nitrogens is 1. The molecule has 3 aliphatic rings. The lowest BCUT2D eigenvalue weighted by Gasteiger charge is -2.35. The van der Waals surface area contributed by atoms with E-state index in [1.807, 2.05) is 12.1 Å². The Morgan fingerprint density at radius 3 is 2.69 bits per heavy atom. The van der Waals surface area contributed by atoms with Gasteiger partial charge in [0.15, 0.2) is 0 Å². The van der Waals surface area contributed by atoms with Crippen molar-refractivity contribution < 1.29 is 9.59 Å². The zero-order chi connectivity index (χ0) is 22.2. The van der Waals surface area contributed by atoms with Crippen molar-refractivity contribution >= 4 is 41.9 Å². The maximum absolute atomic E-state index is 12.3. The number of benzene rings is 1. The third-order valence-corrected chi connectivity index (χ3v) is 7.35. The van der Waals surface area contributed by atoms with Crippen LogP contribution in [-0.4, -0.2) is 58.8 Å². The number of anilines is 1. The van der Waals surface area contributed by atoms with Gasteiger partial charge in [0.25, 0.3) is 0 Å². The van der Waals surface area contributed by atoms with Gasteiger partial charge in [-0.2, -0.15) is 12.6 Å². The second-order valence-electron chi connectivity index (χ2n) is 8.63. The standard InChI is InChI=1S/C23H26ClN5O2S/c24-19-2-1-3-20(25-19)28-10-8-27(9-11-28)13-15-4-5-16-14-29(23(32)17(16)12-15)18-6-7-21(30)26-22(18)31/h1-5,12,18,23,32H,6-11,13-14H2,(H,26,30,31). The van der Waals surface area contributed by atoms with E-state index >= 15 is 0 Å². The number of halogens is 1. The van der Waals surface area contributed by atoms with Gasteiger partial charge in [0.05, 0.1) is 11.4 Å². The molecule has 7 nitrogen and oxygen atoms in total. The van der Waals surface area contributed by atoms with E-state index in [4.69, 9.17) is 24.2 Å². The fourth-order valence-electron chi connectivity index (χ4n) is 4.84. The van der Waals surface area contributed by atoms with Crippen molar-refractivity contribution in [3.05, 3.63) is 58.2 Å². The lowest BCUT2D eigenvalue weighted by Crippen LogP contribution is -2.51. The lowest BCUT2D eigenvalue weighted by molar-refractivity contribution is -0.137. The summed E-state index contributed by atoms with van der Waals surface area (Å²) in [5.41, 5.74) is 3.62. The normalized spacial score (nSPS) is 24.5. The van der Waals surface area contributed by atoms with Crippen LogP contribution in [0.25, 0.3) is 0 Å². The highest BCUT2D eigenvalue weighted by atomic mass is 35.5. The molecule has 0 saturated carbocycles. The number of pyridine rings is 1. The summed E-state index contributed by atoms with van der Waals surface area (Å²) in [6, 6.07) is 12.0. The Morgan fingerprint density at radius 2 is 1.94 bits per heavy atom. The number of nitrogens with zero attached hydrogens (tertiary/aromatic N) is 4. The van der Waals surface area contributed by atoms with Crippen LogP contribution in [-0.2, 0) is 22.7 Å². The van der Waals surface area contributed by atoms with E-state index in [1.165, 1.54) is 11.1 Å². The number of carbonyl (C=O) groups is 2. The van der Waals surface area contributed by atoms with E-state index in [-0.39, 0.29) is 23.2 Å². The number of hydrogen-bond donors (Lipinski definition) is 2. The molecule has 32 heavy (non-hydrogen) atoms. The molecule has 0 spiro atoms. The molecular weight excluding hydrogens is 446 g/mol. The Kier molecular flexibility index (Phi) is 6.11. The average Bonchev–Trinajstić information content (AvgIpc) is 3.10. The molecule has 2 atom stereocenters. The van der Waals surface area contributed by atoms with Gasteiger partial charge in [-0.15, -0.1) is 0 Å². The van der Waals surface area contributed by atoms with Gasteiger partial charge in [-0.1, -0.05) is 35.9 Å². The molecule has 5 rings (SSSR count). The molecule has 2 aromatic rings. The van der Waals surface area contributed by atoms with Crippen LogP contribution in [0, 0.1) is 0 Å². The summed E-state index contributed by atoms with van der Waals surface area (Å²) in [7, 11) is 0. The van der Waals surface area contributed by atoms with Crippen molar-refractivity contribution in [2.45, 2.75) is 37.3 Å². The molecule has 0 bridgehead atoms. The molecule has 0 aliphatic carbocycles. The van der Waals surface area contributed by atoms with Crippen LogP contribution in [0.1, 0.15) is 34.9 Å². The summed E-state index contributed by atoms with van der Waals surface area (Å²) >= 11 is 10.9. The van der Waals surface area contributed by atoms with Crippen LogP contribution in [0.5, 0.6) is 0 Å². The first-order chi connectivity index (χ1) is 15.5. The predicted molar refractivity (Wildman–Crippen MR) is 127 cm³/mol. The molecule has 0 radical (unpaired) electrons. The first kappa shape index (κ1) is 21.7. The SMILES string of the molecule is O=C1CCC(N2Cc3ccc(CN4CCN(c5cccc(Cl)n5)CC4)cc3C2S)C(=O)N1. The number of carbonyl (C=O) groups excluding carboxylic acids is 2. The number of thiol groups is 1. The highest BCUT2D eigenvalue weighted by Crippen LogP contribution is 2.39. The molecule has 2 fully saturated rings. The third-order valence-electron chi connectivity index (χ3n) is 6.57. The molecule has 2 saturated heterocycles. The van der Waals surface area contributed by atoms with Crippen LogP contribution in [0.15, 0.2) is 36.4 Å². The van der Waals surface area contributed by atoms with Gasteiger partial charge < -0.3 is 4.90 Å². The summed E-state index contributed by atoms with van der Waals surface area (Å²) in [5, 5.41) is 2.85. The summed E-state index contributed by atoms with van der Waals surface area (Å²) in [4.78, 5) is 35.1. The van der Waals surface area contributed by atoms with Crippen molar-refractivity contribution in [1.29, 1.82) is 0 Å². The summed E-state index contributed by atoms with van der Waals surface area (Å²) in [6.07, 6.45) is 0.931. The van der Waals surface area contributed by atoms with E-state index in [9.17, 15) is 9.59 Å². The Hall–Kier alpha value is -2.13. The Balaban J connectivity index is 1.21. The maximum atomic E-state index is 12.3. The molecule has 1 N–H and O–H groups in total. The summed E-state index contributed by atoms with van der Waals surface area (Å²) in [5.74, 6) is 0.536. The van der Waals surface area contributed by atoms with Gasteiger partial charge in [0.2, 0.25) is 11.8 Å².